The van der Waals surface area contributed by atoms with Crippen molar-refractivity contribution in [2.75, 3.05) is 0 Å². The van der Waals surface area contributed by atoms with Gasteiger partial charge in [-0.2, -0.15) is 0 Å². The van der Waals surface area contributed by atoms with Gasteiger partial charge >= 0.3 is 0 Å². The molecule has 0 aliphatic heterocycles. The Hall–Kier alpha value is 0. The van der Waals surface area contributed by atoms with E-state index in [-0.39, 0.29) is 0 Å². The van der Waals surface area contributed by atoms with Crippen molar-refractivity contribution < 1.29 is 0 Å². The van der Waals surface area contributed by atoms with Gasteiger partial charge < -0.3 is 0 Å². The molecule has 2 aliphatic carbocycles. The second-order valence-corrected chi connectivity index (χ2v) is 12.9. The summed E-state index contributed by atoms with van der Waals surface area (Å²) in [7, 11) is 0. The molecule has 0 heterocycles. The van der Waals surface area contributed by atoms with Crippen molar-refractivity contribution in [3.63, 3.8) is 0 Å². The zero-order valence-electron chi connectivity index (χ0n) is 23.8. The van der Waals surface area contributed by atoms with E-state index in [1.54, 1.807) is 19.3 Å². The summed E-state index contributed by atoms with van der Waals surface area (Å²) in [4.78, 5) is 0. The summed E-state index contributed by atoms with van der Waals surface area (Å²) in [6, 6.07) is 0. The van der Waals surface area contributed by atoms with Gasteiger partial charge in [0.2, 0.25) is 0 Å². The van der Waals surface area contributed by atoms with Gasteiger partial charge in [0.1, 0.15) is 0 Å². The Kier molecular flexibility index (Phi) is 15.4. The highest BCUT2D eigenvalue weighted by molar-refractivity contribution is 4.90. The van der Waals surface area contributed by atoms with E-state index in [2.05, 4.69) is 27.7 Å². The Morgan fingerprint density at radius 2 is 0.939 bits per heavy atom. The molecule has 0 nitrogen and oxygen atoms in total. The van der Waals surface area contributed by atoms with Crippen molar-refractivity contribution in [3.05, 3.63) is 0 Å². The first-order chi connectivity index (χ1) is 16.1. The first kappa shape index (κ1) is 29.2. The first-order valence-electron chi connectivity index (χ1n) is 16.1. The minimum absolute atomic E-state index is 0.642. The Morgan fingerprint density at radius 1 is 0.515 bits per heavy atom. The predicted octanol–water partition coefficient (Wildman–Crippen LogP) is 11.9. The van der Waals surface area contributed by atoms with Gasteiger partial charge in [0.15, 0.2) is 0 Å². The molecule has 33 heavy (non-hydrogen) atoms. The second-order valence-electron chi connectivity index (χ2n) is 12.9. The predicted molar refractivity (Wildman–Crippen MR) is 150 cm³/mol. The lowest BCUT2D eigenvalue weighted by molar-refractivity contribution is 0.0453. The standard InChI is InChI=1S/C33H64/c1-5-27-33(6-2)28-19-11-9-7-8-10-12-24-31-25-17-15-22-29(3)20-13-14-21-30(4)23-16-18-26-32(31)33/h29-32H,5-28H2,1-4H3. The van der Waals surface area contributed by atoms with Crippen LogP contribution in [0.4, 0.5) is 0 Å². The lowest BCUT2D eigenvalue weighted by Gasteiger charge is -2.46. The summed E-state index contributed by atoms with van der Waals surface area (Å²) in [5.41, 5.74) is 0.642. The fraction of sp³-hybridized carbons (Fsp3) is 1.00. The Morgan fingerprint density at radius 3 is 1.45 bits per heavy atom. The summed E-state index contributed by atoms with van der Waals surface area (Å²) in [6.45, 7) is 10.1. The SMILES string of the molecule is CCCC1(CC)CCCCCCCCCC2CCCCC(C)CCCCC(C)CCCCC21. The van der Waals surface area contributed by atoms with Gasteiger partial charge in [-0.3, -0.25) is 0 Å². The van der Waals surface area contributed by atoms with Gasteiger partial charge in [-0.15, -0.1) is 0 Å². The lowest BCUT2D eigenvalue weighted by atomic mass is 9.59. The van der Waals surface area contributed by atoms with Crippen molar-refractivity contribution in [3.8, 4) is 0 Å². The summed E-state index contributed by atoms with van der Waals surface area (Å²) >= 11 is 0. The fourth-order valence-corrected chi connectivity index (χ4v) is 8.00. The highest BCUT2D eigenvalue weighted by Crippen LogP contribution is 2.50. The second kappa shape index (κ2) is 17.4. The van der Waals surface area contributed by atoms with Gasteiger partial charge in [0.25, 0.3) is 0 Å². The van der Waals surface area contributed by atoms with Crippen LogP contribution in [0.3, 0.4) is 0 Å². The Bertz CT molecular complexity index is 453. The lowest BCUT2D eigenvalue weighted by Crippen LogP contribution is -2.36. The van der Waals surface area contributed by atoms with Crippen LogP contribution in [0.5, 0.6) is 0 Å². The number of hydrogen-bond donors (Lipinski definition) is 0. The summed E-state index contributed by atoms with van der Waals surface area (Å²) in [6.07, 6.45) is 35.9. The maximum Gasteiger partial charge on any atom is -0.0269 e. The quantitative estimate of drug-likeness (QED) is 0.392. The molecule has 2 saturated carbocycles. The average Bonchev–Trinajstić information content (AvgIpc) is 2.80. The molecule has 0 aromatic heterocycles. The molecule has 2 fully saturated rings. The fourth-order valence-electron chi connectivity index (χ4n) is 8.00. The largest absolute Gasteiger partial charge is 0.0654 e. The molecule has 0 aromatic carbocycles. The van der Waals surface area contributed by atoms with Gasteiger partial charge in [-0.25, -0.2) is 0 Å². The van der Waals surface area contributed by atoms with Gasteiger partial charge in [0, 0.05) is 0 Å². The molecule has 5 atom stereocenters. The number of rotatable bonds is 3. The van der Waals surface area contributed by atoms with E-state index in [1.165, 1.54) is 135 Å². The first-order valence-corrected chi connectivity index (χ1v) is 16.1. The topological polar surface area (TPSA) is 0 Å². The smallest absolute Gasteiger partial charge is 0.0269 e. The molecule has 0 N–H and O–H groups in total. The number of hydrogen-bond acceptors (Lipinski definition) is 0. The average molecular weight is 461 g/mol. The molecule has 0 saturated heterocycles. The normalized spacial score (nSPS) is 35.6. The van der Waals surface area contributed by atoms with Crippen LogP contribution in [0.2, 0.25) is 0 Å². The van der Waals surface area contributed by atoms with Gasteiger partial charge in [-0.05, 0) is 48.3 Å². The third-order valence-electron chi connectivity index (χ3n) is 10.2. The van der Waals surface area contributed by atoms with E-state index < -0.39 is 0 Å². The summed E-state index contributed by atoms with van der Waals surface area (Å²) in [5, 5.41) is 0. The monoisotopic (exact) mass is 461 g/mol. The molecule has 0 amide bonds. The van der Waals surface area contributed by atoms with E-state index in [9.17, 15) is 0 Å². The van der Waals surface area contributed by atoms with E-state index in [0.717, 1.165) is 23.7 Å². The molecule has 2 rings (SSSR count). The van der Waals surface area contributed by atoms with Crippen LogP contribution < -0.4 is 0 Å². The Balaban J connectivity index is 2.21. The summed E-state index contributed by atoms with van der Waals surface area (Å²) < 4.78 is 0. The molecule has 196 valence electrons. The van der Waals surface area contributed by atoms with E-state index in [4.69, 9.17) is 0 Å². The van der Waals surface area contributed by atoms with Gasteiger partial charge in [0.05, 0.1) is 0 Å². The van der Waals surface area contributed by atoms with E-state index in [1.807, 2.05) is 0 Å². The molecular formula is C33H64. The number of fused-ring (bicyclic) bond motifs is 1. The van der Waals surface area contributed by atoms with Crippen LogP contribution in [0, 0.1) is 29.1 Å². The zero-order valence-corrected chi connectivity index (χ0v) is 23.8. The van der Waals surface area contributed by atoms with E-state index in [0.29, 0.717) is 5.41 Å². The van der Waals surface area contributed by atoms with Crippen LogP contribution in [0.15, 0.2) is 0 Å². The zero-order chi connectivity index (χ0) is 23.8. The van der Waals surface area contributed by atoms with Crippen molar-refractivity contribution in [2.24, 2.45) is 29.1 Å². The molecule has 0 heteroatoms. The molecule has 5 unspecified atom stereocenters. The van der Waals surface area contributed by atoms with E-state index >= 15 is 0 Å². The van der Waals surface area contributed by atoms with Crippen molar-refractivity contribution in [1.29, 1.82) is 0 Å². The van der Waals surface area contributed by atoms with Crippen molar-refractivity contribution >= 4 is 0 Å². The third-order valence-corrected chi connectivity index (χ3v) is 10.2. The molecular weight excluding hydrogens is 396 g/mol. The Labute approximate surface area is 210 Å². The van der Waals surface area contributed by atoms with Crippen LogP contribution in [-0.4, -0.2) is 0 Å². The van der Waals surface area contributed by atoms with Crippen LogP contribution >= 0.6 is 0 Å². The van der Waals surface area contributed by atoms with Crippen LogP contribution in [0.25, 0.3) is 0 Å². The molecule has 0 bridgehead atoms. The third kappa shape index (κ3) is 11.1. The highest BCUT2D eigenvalue weighted by atomic mass is 14.4. The molecule has 0 radical (unpaired) electrons. The van der Waals surface area contributed by atoms with Crippen molar-refractivity contribution in [2.45, 2.75) is 182 Å². The van der Waals surface area contributed by atoms with Crippen molar-refractivity contribution in [1.82, 2.24) is 0 Å². The van der Waals surface area contributed by atoms with Crippen LogP contribution in [0.1, 0.15) is 182 Å². The molecule has 2 aliphatic rings. The molecule has 0 aromatic rings. The maximum absolute atomic E-state index is 2.57. The van der Waals surface area contributed by atoms with Crippen LogP contribution in [-0.2, 0) is 0 Å². The van der Waals surface area contributed by atoms with Gasteiger partial charge in [-0.1, -0.05) is 163 Å². The maximum atomic E-state index is 2.57. The minimum Gasteiger partial charge on any atom is -0.0654 e. The highest BCUT2D eigenvalue weighted by Gasteiger charge is 2.39. The summed E-state index contributed by atoms with van der Waals surface area (Å²) in [5.74, 6) is 3.92. The molecule has 0 spiro atoms. The minimum atomic E-state index is 0.642.